The predicted octanol–water partition coefficient (Wildman–Crippen LogP) is 12.6. The van der Waals surface area contributed by atoms with Gasteiger partial charge in [0.15, 0.2) is 0 Å². The van der Waals surface area contributed by atoms with E-state index in [1.807, 2.05) is 0 Å². The average Bonchev–Trinajstić information content (AvgIpc) is 3.49. The third-order valence-corrected chi connectivity index (χ3v) is 14.6. The highest BCUT2D eigenvalue weighted by molar-refractivity contribution is 7.00. The van der Waals surface area contributed by atoms with Crippen LogP contribution in [0.4, 0.5) is 45.5 Å². The molecule has 3 nitrogen and oxygen atoms in total. The third kappa shape index (κ3) is 4.78. The molecule has 4 heteroatoms. The van der Waals surface area contributed by atoms with Gasteiger partial charge in [-0.1, -0.05) is 135 Å². The minimum atomic E-state index is -0.00858. The van der Waals surface area contributed by atoms with Crippen LogP contribution in [-0.4, -0.2) is 12.3 Å². The molecule has 0 aromatic heterocycles. The van der Waals surface area contributed by atoms with E-state index in [0.717, 1.165) is 17.1 Å². The van der Waals surface area contributed by atoms with Crippen LogP contribution in [-0.2, 0) is 5.41 Å². The number of rotatable bonds is 5. The molecule has 0 amide bonds. The van der Waals surface area contributed by atoms with E-state index in [1.165, 1.54) is 104 Å². The van der Waals surface area contributed by atoms with Gasteiger partial charge in [-0.2, -0.15) is 0 Å². The zero-order chi connectivity index (χ0) is 39.5. The van der Waals surface area contributed by atoms with Crippen LogP contribution < -0.4 is 31.1 Å². The van der Waals surface area contributed by atoms with Crippen LogP contribution in [0.25, 0.3) is 21.9 Å². The van der Waals surface area contributed by atoms with Crippen LogP contribution in [0.5, 0.6) is 0 Å². The maximum absolute atomic E-state index is 2.83. The zero-order valence-corrected chi connectivity index (χ0v) is 34.0. The Hall–Kier alpha value is -6.52. The molecule has 0 saturated heterocycles. The van der Waals surface area contributed by atoms with Crippen molar-refractivity contribution in [1.82, 2.24) is 0 Å². The number of anilines is 8. The summed E-state index contributed by atoms with van der Waals surface area (Å²) in [6, 6.07) is 65.8. The lowest BCUT2D eigenvalue weighted by atomic mass is 9.33. The molecular weight excluding hydrogens is 713 g/mol. The first-order valence-electron chi connectivity index (χ1n) is 21.4. The lowest BCUT2D eigenvalue weighted by Crippen LogP contribution is -2.64. The predicted molar refractivity (Wildman–Crippen MR) is 251 cm³/mol. The maximum atomic E-state index is 2.83. The molecule has 3 aliphatic heterocycles. The molecule has 3 heterocycles. The van der Waals surface area contributed by atoms with E-state index in [9.17, 15) is 0 Å². The highest BCUT2D eigenvalue weighted by atomic mass is 15.3. The molecule has 4 aliphatic rings. The molecule has 2 atom stereocenters. The van der Waals surface area contributed by atoms with Crippen LogP contribution in [0.2, 0.25) is 0 Å². The van der Waals surface area contributed by atoms with Gasteiger partial charge in [0, 0.05) is 50.8 Å². The van der Waals surface area contributed by atoms with Gasteiger partial charge in [-0.15, -0.1) is 0 Å². The van der Waals surface area contributed by atoms with Crippen molar-refractivity contribution in [2.75, 3.05) is 14.7 Å². The number of aryl methyl sites for hydroxylation is 1. The van der Waals surface area contributed by atoms with Crippen molar-refractivity contribution in [3.8, 4) is 11.1 Å². The Kier molecular flexibility index (Phi) is 7.45. The largest absolute Gasteiger partial charge is 0.335 e. The first-order chi connectivity index (χ1) is 28.9. The molecule has 0 bridgehead atoms. The van der Waals surface area contributed by atoms with E-state index in [4.69, 9.17) is 0 Å². The van der Waals surface area contributed by atoms with Crippen molar-refractivity contribution < 1.29 is 0 Å². The van der Waals surface area contributed by atoms with Crippen molar-refractivity contribution >= 4 is 79.4 Å². The van der Waals surface area contributed by atoms with Gasteiger partial charge in [-0.3, -0.25) is 0 Å². The fraction of sp³-hybridized carbons (Fsp3) is 0.164. The zero-order valence-electron chi connectivity index (χ0n) is 34.0. The average molecular weight is 760 g/mol. The van der Waals surface area contributed by atoms with Gasteiger partial charge in [0.05, 0.1) is 11.2 Å². The summed E-state index contributed by atoms with van der Waals surface area (Å²) < 4.78 is 0. The minimum absolute atomic E-state index is 0.00858. The molecular formula is C55H46BN3. The highest BCUT2D eigenvalue weighted by Gasteiger charge is 2.61. The van der Waals surface area contributed by atoms with Gasteiger partial charge in [-0.05, 0) is 131 Å². The Bertz CT molecular complexity index is 2970. The van der Waals surface area contributed by atoms with Gasteiger partial charge >= 0.3 is 0 Å². The summed E-state index contributed by atoms with van der Waals surface area (Å²) >= 11 is 0. The smallest absolute Gasteiger partial charge is 0.252 e. The van der Waals surface area contributed by atoms with E-state index in [0.29, 0.717) is 0 Å². The normalized spacial score (nSPS) is 19.5. The molecule has 0 radical (unpaired) electrons. The summed E-state index contributed by atoms with van der Waals surface area (Å²) in [5.74, 6) is 0. The Morgan fingerprint density at radius 3 is 2.12 bits per heavy atom. The summed E-state index contributed by atoms with van der Waals surface area (Å²) in [5, 5.41) is 2.50. The number of hydrogen-bond donors (Lipinski definition) is 0. The first kappa shape index (κ1) is 34.5. The standard InChI is InChI=1S/C55H46BN3/c1-37-34-50-52-51(35-37)59-53-45(54(2)32-14-15-33-55(54,59)3)27-17-28-46(53)56(52)47-36-41(30-31-49(47)58(50)40-22-8-5-9-23-40)57(39-20-6-4-7-21-39)48-29-13-12-25-44(48)43-26-16-19-38-18-10-11-24-42(38)43/h4-13,16-31,34-36H,14-15,32-33H2,1-3H3. The Morgan fingerprint density at radius 2 is 1.25 bits per heavy atom. The van der Waals surface area contributed by atoms with Crippen LogP contribution >= 0.6 is 0 Å². The molecule has 12 rings (SSSR count). The van der Waals surface area contributed by atoms with Crippen molar-refractivity contribution in [3.05, 3.63) is 187 Å². The highest BCUT2D eigenvalue weighted by Crippen LogP contribution is 2.61. The molecule has 8 aromatic rings. The van der Waals surface area contributed by atoms with Gasteiger partial charge in [0.1, 0.15) is 0 Å². The lowest BCUT2D eigenvalue weighted by molar-refractivity contribution is 0.195. The van der Waals surface area contributed by atoms with Gasteiger partial charge in [0.2, 0.25) is 0 Å². The SMILES string of the molecule is Cc1cc2c3c(c1)N1c4c(cccc4C4(C)CCCCC14C)B3c1cc(N(c3ccccc3)c3ccccc3-c3cccc4ccccc34)ccc1N2c1ccccc1. The van der Waals surface area contributed by atoms with E-state index >= 15 is 0 Å². The molecule has 0 N–H and O–H groups in total. The van der Waals surface area contributed by atoms with Gasteiger partial charge in [-0.25, -0.2) is 0 Å². The number of benzene rings is 8. The second-order valence-corrected chi connectivity index (χ2v) is 17.7. The third-order valence-electron chi connectivity index (χ3n) is 14.6. The summed E-state index contributed by atoms with van der Waals surface area (Å²) in [6.07, 6.45) is 4.95. The monoisotopic (exact) mass is 759 g/mol. The summed E-state index contributed by atoms with van der Waals surface area (Å²) in [5.41, 5.74) is 19.5. The van der Waals surface area contributed by atoms with Crippen LogP contribution in [0.15, 0.2) is 176 Å². The second-order valence-electron chi connectivity index (χ2n) is 17.7. The van der Waals surface area contributed by atoms with Gasteiger partial charge in [0.25, 0.3) is 6.71 Å². The van der Waals surface area contributed by atoms with E-state index in [-0.39, 0.29) is 17.7 Å². The van der Waals surface area contributed by atoms with Gasteiger partial charge < -0.3 is 14.7 Å². The molecule has 59 heavy (non-hydrogen) atoms. The summed E-state index contributed by atoms with van der Waals surface area (Å²) in [6.45, 7) is 7.50. The van der Waals surface area contributed by atoms with Crippen LogP contribution in [0.1, 0.15) is 50.7 Å². The molecule has 8 aromatic carbocycles. The van der Waals surface area contributed by atoms with Crippen molar-refractivity contribution in [2.24, 2.45) is 0 Å². The van der Waals surface area contributed by atoms with Crippen LogP contribution in [0, 0.1) is 6.92 Å². The Morgan fingerprint density at radius 1 is 0.559 bits per heavy atom. The molecule has 1 aliphatic carbocycles. The fourth-order valence-electron chi connectivity index (χ4n) is 11.8. The minimum Gasteiger partial charge on any atom is -0.335 e. The molecule has 2 unspecified atom stereocenters. The molecule has 1 fully saturated rings. The number of para-hydroxylation sites is 4. The maximum Gasteiger partial charge on any atom is 0.252 e. The Labute approximate surface area is 348 Å². The topological polar surface area (TPSA) is 9.72 Å². The van der Waals surface area contributed by atoms with Crippen molar-refractivity contribution in [2.45, 2.75) is 57.4 Å². The fourth-order valence-corrected chi connectivity index (χ4v) is 11.8. The van der Waals surface area contributed by atoms with Crippen molar-refractivity contribution in [1.29, 1.82) is 0 Å². The first-order valence-corrected chi connectivity index (χ1v) is 21.4. The number of hydrogen-bond acceptors (Lipinski definition) is 3. The molecule has 284 valence electrons. The van der Waals surface area contributed by atoms with Crippen molar-refractivity contribution in [3.63, 3.8) is 0 Å². The Balaban J connectivity index is 1.14. The molecule has 1 saturated carbocycles. The summed E-state index contributed by atoms with van der Waals surface area (Å²) in [4.78, 5) is 7.86. The van der Waals surface area contributed by atoms with Crippen LogP contribution in [0.3, 0.4) is 0 Å². The lowest BCUT2D eigenvalue weighted by Gasteiger charge is -2.53. The molecule has 0 spiro atoms. The van der Waals surface area contributed by atoms with E-state index in [2.05, 4.69) is 211 Å². The second kappa shape index (κ2) is 12.7. The quantitative estimate of drug-likeness (QED) is 0.162. The van der Waals surface area contributed by atoms with E-state index in [1.54, 1.807) is 0 Å². The number of fused-ring (bicyclic) bond motifs is 8. The van der Waals surface area contributed by atoms with E-state index < -0.39 is 0 Å². The summed E-state index contributed by atoms with van der Waals surface area (Å²) in [7, 11) is 0. The number of nitrogens with zero attached hydrogens (tertiary/aromatic N) is 3.